The van der Waals surface area contributed by atoms with E-state index in [1.807, 2.05) is 13.8 Å². The Morgan fingerprint density at radius 2 is 2.19 bits per heavy atom. The van der Waals surface area contributed by atoms with Gasteiger partial charge >= 0.3 is 0 Å². The topological polar surface area (TPSA) is 49.8 Å². The Balaban J connectivity index is 3.16. The number of aliphatic hydroxyl groups is 1. The number of rotatable bonds is 5. The second-order valence-electron chi connectivity index (χ2n) is 4.73. The second kappa shape index (κ2) is 8.40. The largest absolute Gasteiger partial charge is 0.384 e. The minimum absolute atomic E-state index is 0.0467. The summed E-state index contributed by atoms with van der Waals surface area (Å²) in [7, 11) is 1.56. The van der Waals surface area contributed by atoms with E-state index in [0.29, 0.717) is 18.7 Å². The normalized spacial score (nSPS) is 10.2. The van der Waals surface area contributed by atoms with E-state index in [9.17, 15) is 9.18 Å². The van der Waals surface area contributed by atoms with E-state index in [4.69, 9.17) is 9.84 Å². The molecule has 1 aromatic rings. The first-order valence-corrected chi connectivity index (χ1v) is 6.70. The third kappa shape index (κ3) is 4.85. The Morgan fingerprint density at radius 3 is 2.76 bits per heavy atom. The van der Waals surface area contributed by atoms with Crippen LogP contribution in [0.5, 0.6) is 0 Å². The molecule has 0 bridgehead atoms. The highest BCUT2D eigenvalue weighted by atomic mass is 19.1. The Kier molecular flexibility index (Phi) is 6.86. The lowest BCUT2D eigenvalue weighted by molar-refractivity contribution is 0.0634. The minimum atomic E-state index is -0.497. The fourth-order valence-electron chi connectivity index (χ4n) is 1.88. The molecular weight excluding hydrogens is 273 g/mol. The van der Waals surface area contributed by atoms with Gasteiger partial charge in [-0.25, -0.2) is 4.39 Å². The quantitative estimate of drug-likeness (QED) is 0.840. The van der Waals surface area contributed by atoms with Crippen LogP contribution in [0.1, 0.15) is 29.8 Å². The summed E-state index contributed by atoms with van der Waals surface area (Å²) in [6.45, 7) is 4.26. The van der Waals surface area contributed by atoms with Gasteiger partial charge in [-0.1, -0.05) is 11.8 Å². The molecule has 0 atom stereocenters. The zero-order valence-corrected chi connectivity index (χ0v) is 12.5. The standard InChI is InChI=1S/C16H20FNO3/c1-12(2)18(8-10-21-3)16(20)15-11-14(17)7-6-13(15)5-4-9-19/h6-7,11-12,19H,8-10H2,1-3H3. The molecule has 0 saturated heterocycles. The summed E-state index contributed by atoms with van der Waals surface area (Å²) in [4.78, 5) is 14.2. The number of halogens is 1. The molecule has 0 spiro atoms. The molecular formula is C16H20FNO3. The fraction of sp³-hybridized carbons (Fsp3) is 0.438. The van der Waals surface area contributed by atoms with Crippen LogP contribution in [0, 0.1) is 17.7 Å². The molecule has 1 amide bonds. The number of carbonyl (C=O) groups excluding carboxylic acids is 1. The summed E-state index contributed by atoms with van der Waals surface area (Å²) in [5.74, 6) is 4.35. The van der Waals surface area contributed by atoms with Crippen LogP contribution in [0.2, 0.25) is 0 Å². The van der Waals surface area contributed by atoms with Crippen LogP contribution in [0.15, 0.2) is 18.2 Å². The number of hydrogen-bond acceptors (Lipinski definition) is 3. The molecule has 0 unspecified atom stereocenters. The number of aliphatic hydroxyl groups excluding tert-OH is 1. The smallest absolute Gasteiger partial charge is 0.255 e. The molecule has 0 aromatic heterocycles. The summed E-state index contributed by atoms with van der Waals surface area (Å²) >= 11 is 0. The predicted molar refractivity (Wildman–Crippen MR) is 78.4 cm³/mol. The van der Waals surface area contributed by atoms with Gasteiger partial charge in [0.1, 0.15) is 12.4 Å². The zero-order chi connectivity index (χ0) is 15.8. The maximum Gasteiger partial charge on any atom is 0.255 e. The lowest BCUT2D eigenvalue weighted by Gasteiger charge is -2.27. The fourth-order valence-corrected chi connectivity index (χ4v) is 1.88. The summed E-state index contributed by atoms with van der Waals surface area (Å²) in [5.41, 5.74) is 0.597. The van der Waals surface area contributed by atoms with E-state index >= 15 is 0 Å². The minimum Gasteiger partial charge on any atom is -0.384 e. The van der Waals surface area contributed by atoms with Crippen LogP contribution in [-0.4, -0.2) is 48.8 Å². The molecule has 0 radical (unpaired) electrons. The van der Waals surface area contributed by atoms with Crippen LogP contribution in [0.3, 0.4) is 0 Å². The van der Waals surface area contributed by atoms with Gasteiger partial charge in [0, 0.05) is 25.3 Å². The van der Waals surface area contributed by atoms with Gasteiger partial charge in [-0.3, -0.25) is 4.79 Å². The number of ether oxygens (including phenoxy) is 1. The number of methoxy groups -OCH3 is 1. The van der Waals surface area contributed by atoms with E-state index in [0.717, 1.165) is 0 Å². The number of carbonyl (C=O) groups is 1. The maximum absolute atomic E-state index is 13.5. The third-order valence-electron chi connectivity index (χ3n) is 2.93. The molecule has 0 fully saturated rings. The van der Waals surface area contributed by atoms with Crippen molar-refractivity contribution in [3.05, 3.63) is 35.1 Å². The lowest BCUT2D eigenvalue weighted by Crippen LogP contribution is -2.39. The monoisotopic (exact) mass is 293 g/mol. The SMILES string of the molecule is COCCN(C(=O)c1cc(F)ccc1C#CCO)C(C)C. The van der Waals surface area contributed by atoms with Crippen molar-refractivity contribution in [2.45, 2.75) is 19.9 Å². The van der Waals surface area contributed by atoms with E-state index in [1.165, 1.54) is 18.2 Å². The van der Waals surface area contributed by atoms with Gasteiger partial charge in [0.15, 0.2) is 0 Å². The molecule has 0 aliphatic rings. The Morgan fingerprint density at radius 1 is 1.48 bits per heavy atom. The highest BCUT2D eigenvalue weighted by Gasteiger charge is 2.21. The highest BCUT2D eigenvalue weighted by molar-refractivity contribution is 5.97. The summed E-state index contributed by atoms with van der Waals surface area (Å²) in [6, 6.07) is 3.81. The Bertz CT molecular complexity index is 546. The third-order valence-corrected chi connectivity index (χ3v) is 2.93. The molecule has 1 aromatic carbocycles. The van der Waals surface area contributed by atoms with Gasteiger partial charge in [0.05, 0.1) is 12.2 Å². The summed E-state index contributed by atoms with van der Waals surface area (Å²) < 4.78 is 18.5. The van der Waals surface area contributed by atoms with Crippen molar-refractivity contribution >= 4 is 5.91 Å². The molecule has 0 saturated carbocycles. The van der Waals surface area contributed by atoms with Crippen LogP contribution < -0.4 is 0 Å². The van der Waals surface area contributed by atoms with Crippen molar-refractivity contribution in [1.29, 1.82) is 0 Å². The van der Waals surface area contributed by atoms with Gasteiger partial charge in [0.25, 0.3) is 5.91 Å². The lowest BCUT2D eigenvalue weighted by atomic mass is 10.1. The van der Waals surface area contributed by atoms with E-state index in [2.05, 4.69) is 11.8 Å². The van der Waals surface area contributed by atoms with Crippen molar-refractivity contribution in [1.82, 2.24) is 4.90 Å². The highest BCUT2D eigenvalue weighted by Crippen LogP contribution is 2.15. The average molecular weight is 293 g/mol. The number of hydrogen-bond donors (Lipinski definition) is 1. The summed E-state index contributed by atoms with van der Waals surface area (Å²) in [6.07, 6.45) is 0. The van der Waals surface area contributed by atoms with Crippen LogP contribution >= 0.6 is 0 Å². The van der Waals surface area contributed by atoms with Gasteiger partial charge in [-0.05, 0) is 32.0 Å². The van der Waals surface area contributed by atoms with Gasteiger partial charge < -0.3 is 14.7 Å². The second-order valence-corrected chi connectivity index (χ2v) is 4.73. The Hall–Kier alpha value is -1.90. The first kappa shape index (κ1) is 17.2. The van der Waals surface area contributed by atoms with E-state index in [1.54, 1.807) is 12.0 Å². The number of nitrogens with zero attached hydrogens (tertiary/aromatic N) is 1. The predicted octanol–water partition coefficient (Wildman–Crippen LogP) is 1.67. The van der Waals surface area contributed by atoms with Gasteiger partial charge in [-0.2, -0.15) is 0 Å². The van der Waals surface area contributed by atoms with Crippen LogP contribution in [-0.2, 0) is 4.74 Å². The summed E-state index contributed by atoms with van der Waals surface area (Å²) in [5, 5.41) is 8.77. The number of benzene rings is 1. The van der Waals surface area contributed by atoms with Crippen molar-refractivity contribution in [2.75, 3.05) is 26.9 Å². The van der Waals surface area contributed by atoms with Crippen LogP contribution in [0.25, 0.3) is 0 Å². The molecule has 1 rings (SSSR count). The number of amides is 1. The molecule has 0 aliphatic carbocycles. The van der Waals surface area contributed by atoms with Gasteiger partial charge in [0.2, 0.25) is 0 Å². The molecule has 21 heavy (non-hydrogen) atoms. The molecule has 5 heteroatoms. The first-order valence-electron chi connectivity index (χ1n) is 6.70. The first-order chi connectivity index (χ1) is 10.0. The molecule has 114 valence electrons. The van der Waals surface area contributed by atoms with Crippen molar-refractivity contribution in [3.8, 4) is 11.8 Å². The van der Waals surface area contributed by atoms with Crippen molar-refractivity contribution in [2.24, 2.45) is 0 Å². The van der Waals surface area contributed by atoms with Crippen LogP contribution in [0.4, 0.5) is 4.39 Å². The molecule has 0 heterocycles. The van der Waals surface area contributed by atoms with Crippen molar-refractivity contribution < 1.29 is 19.0 Å². The maximum atomic E-state index is 13.5. The molecule has 1 N–H and O–H groups in total. The van der Waals surface area contributed by atoms with E-state index < -0.39 is 5.82 Å². The molecule has 0 aliphatic heterocycles. The van der Waals surface area contributed by atoms with Gasteiger partial charge in [-0.15, -0.1) is 0 Å². The van der Waals surface area contributed by atoms with E-state index in [-0.39, 0.29) is 24.1 Å². The Labute approximate surface area is 124 Å². The van der Waals surface area contributed by atoms with Crippen molar-refractivity contribution in [3.63, 3.8) is 0 Å². The zero-order valence-electron chi connectivity index (χ0n) is 12.5. The average Bonchev–Trinajstić information content (AvgIpc) is 2.45. The molecule has 4 nitrogen and oxygen atoms in total.